The lowest BCUT2D eigenvalue weighted by molar-refractivity contribution is -0.113. The van der Waals surface area contributed by atoms with Crippen LogP contribution in [0, 0.1) is 0 Å². The van der Waals surface area contributed by atoms with Gasteiger partial charge in [0.1, 0.15) is 0 Å². The fraction of sp³-hybridized carbons (Fsp3) is 0.889. The van der Waals surface area contributed by atoms with Gasteiger partial charge in [0.25, 0.3) is 0 Å². The van der Waals surface area contributed by atoms with Crippen molar-refractivity contribution in [2.24, 2.45) is 0 Å². The molecule has 0 spiro atoms. The van der Waals surface area contributed by atoms with Crippen LogP contribution in [-0.4, -0.2) is 30.0 Å². The molecule has 0 saturated carbocycles. The van der Waals surface area contributed by atoms with Gasteiger partial charge in [0.2, 0.25) is 12.0 Å². The number of hydrogen-bond acceptors (Lipinski definition) is 4. The Morgan fingerprint density at radius 1 is 1.60 bits per heavy atom. The fourth-order valence-electron chi connectivity index (χ4n) is 1.10. The Labute approximate surface area is 102 Å². The van der Waals surface area contributed by atoms with Crippen molar-refractivity contribution in [1.82, 2.24) is 4.67 Å². The second kappa shape index (κ2) is 7.66. The minimum atomic E-state index is -2.18. The quantitative estimate of drug-likeness (QED) is 0.500. The third-order valence-corrected chi connectivity index (χ3v) is 8.98. The second-order valence-electron chi connectivity index (χ2n) is 3.27. The van der Waals surface area contributed by atoms with E-state index in [-0.39, 0.29) is 0 Å². The van der Waals surface area contributed by atoms with Crippen molar-refractivity contribution in [2.75, 3.05) is 13.7 Å². The van der Waals surface area contributed by atoms with E-state index in [4.69, 9.17) is 16.3 Å². The Kier molecular flexibility index (Phi) is 7.88. The number of carbonyl (C=O) groups is 1. The van der Waals surface area contributed by atoms with Gasteiger partial charge < -0.3 is 4.52 Å². The molecule has 6 heteroatoms. The van der Waals surface area contributed by atoms with Gasteiger partial charge in [-0.3, -0.25) is 9.46 Å². The molecule has 15 heavy (non-hydrogen) atoms. The summed E-state index contributed by atoms with van der Waals surface area (Å²) >= 11 is 7.09. The minimum Gasteiger partial charge on any atom is -0.327 e. The first-order chi connectivity index (χ1) is 7.00. The molecule has 0 radical (unpaired) electrons. The Morgan fingerprint density at radius 3 is 2.60 bits per heavy atom. The smallest absolute Gasteiger partial charge is 0.215 e. The molecule has 0 N–H and O–H groups in total. The highest BCUT2D eigenvalue weighted by atomic mass is 32.9. The lowest BCUT2D eigenvalue weighted by Crippen LogP contribution is -2.14. The summed E-state index contributed by atoms with van der Waals surface area (Å²) in [5.74, 6) is 0. The zero-order valence-electron chi connectivity index (χ0n) is 9.80. The van der Waals surface area contributed by atoms with Crippen LogP contribution in [-0.2, 0) is 21.1 Å². The molecular weight excluding hydrogens is 249 g/mol. The van der Waals surface area contributed by atoms with Crippen LogP contribution in [0.25, 0.3) is 0 Å². The maximum absolute atomic E-state index is 10.8. The summed E-state index contributed by atoms with van der Waals surface area (Å²) in [6.45, 7) is 6.74. The van der Waals surface area contributed by atoms with Crippen molar-refractivity contribution >= 4 is 35.2 Å². The highest BCUT2D eigenvalue weighted by Crippen LogP contribution is 2.63. The fourth-order valence-corrected chi connectivity index (χ4v) is 7.23. The van der Waals surface area contributed by atoms with Gasteiger partial charge in [-0.1, -0.05) is 31.7 Å². The second-order valence-corrected chi connectivity index (χ2v) is 10.4. The number of rotatable bonds is 8. The van der Waals surface area contributed by atoms with Crippen LogP contribution in [0.15, 0.2) is 0 Å². The standard InChI is InChI=1S/C9H20NO2PS2/c1-5-7-9(3)15-13(14,12-6-2)10(4)8-11/h8-9H,5-7H2,1-4H3. The molecule has 90 valence electrons. The molecule has 0 fully saturated rings. The van der Waals surface area contributed by atoms with E-state index in [2.05, 4.69) is 13.8 Å². The van der Waals surface area contributed by atoms with E-state index in [9.17, 15) is 4.79 Å². The maximum Gasteiger partial charge on any atom is 0.215 e. The first-order valence-electron chi connectivity index (χ1n) is 5.11. The largest absolute Gasteiger partial charge is 0.327 e. The molecule has 2 atom stereocenters. The van der Waals surface area contributed by atoms with E-state index in [0.29, 0.717) is 11.9 Å². The average molecular weight is 269 g/mol. The molecule has 0 aromatic carbocycles. The topological polar surface area (TPSA) is 29.5 Å². The summed E-state index contributed by atoms with van der Waals surface area (Å²) in [4.78, 5) is 10.8. The van der Waals surface area contributed by atoms with Crippen LogP contribution in [0.2, 0.25) is 0 Å². The third-order valence-electron chi connectivity index (χ3n) is 1.84. The Hall–Kier alpha value is 0.430. The molecule has 0 heterocycles. The van der Waals surface area contributed by atoms with Crippen LogP contribution in [0.5, 0.6) is 0 Å². The Bertz CT molecular complexity index is 238. The predicted octanol–water partition coefficient (Wildman–Crippen LogP) is 3.26. The molecular formula is C9H20NO2PS2. The van der Waals surface area contributed by atoms with Gasteiger partial charge in [-0.05, 0) is 25.2 Å². The SMILES string of the molecule is CCCC(C)SP(=S)(OCC)N(C)C=O. The number of amides is 1. The molecule has 3 nitrogen and oxygen atoms in total. The summed E-state index contributed by atoms with van der Waals surface area (Å²) < 4.78 is 7.10. The lowest BCUT2D eigenvalue weighted by Gasteiger charge is -2.29. The van der Waals surface area contributed by atoms with Gasteiger partial charge >= 0.3 is 0 Å². The van der Waals surface area contributed by atoms with Crippen LogP contribution in [0.1, 0.15) is 33.6 Å². The van der Waals surface area contributed by atoms with Crippen LogP contribution < -0.4 is 0 Å². The number of carbonyl (C=O) groups excluding carboxylic acids is 1. The molecule has 0 saturated heterocycles. The summed E-state index contributed by atoms with van der Waals surface area (Å²) in [5, 5.41) is 0.440. The molecule has 1 amide bonds. The van der Waals surface area contributed by atoms with Gasteiger partial charge in [0.15, 0.2) is 0 Å². The van der Waals surface area contributed by atoms with Gasteiger partial charge in [-0.2, -0.15) is 0 Å². The molecule has 0 aliphatic carbocycles. The Morgan fingerprint density at radius 2 is 2.20 bits per heavy atom. The van der Waals surface area contributed by atoms with Crippen molar-refractivity contribution < 1.29 is 9.32 Å². The number of hydrogen-bond donors (Lipinski definition) is 0. The Balaban J connectivity index is 4.50. The van der Waals surface area contributed by atoms with E-state index in [1.54, 1.807) is 18.4 Å². The first kappa shape index (κ1) is 15.4. The molecule has 0 aromatic heterocycles. The van der Waals surface area contributed by atoms with Crippen molar-refractivity contribution in [3.8, 4) is 0 Å². The van der Waals surface area contributed by atoms with Gasteiger partial charge in [0, 0.05) is 12.3 Å². The van der Waals surface area contributed by atoms with Gasteiger partial charge in [-0.25, -0.2) is 0 Å². The molecule has 2 unspecified atom stereocenters. The monoisotopic (exact) mass is 269 g/mol. The maximum atomic E-state index is 10.8. The van der Waals surface area contributed by atoms with Crippen LogP contribution in [0.3, 0.4) is 0 Å². The third kappa shape index (κ3) is 5.34. The highest BCUT2D eigenvalue weighted by molar-refractivity contribution is 8.68. The summed E-state index contributed by atoms with van der Waals surface area (Å²) in [5.41, 5.74) is -2.18. The normalized spacial score (nSPS) is 16.8. The van der Waals surface area contributed by atoms with E-state index in [0.717, 1.165) is 19.3 Å². The summed E-state index contributed by atoms with van der Waals surface area (Å²) in [6, 6.07) is 0. The average Bonchev–Trinajstić information content (AvgIpc) is 2.17. The molecule has 0 aromatic rings. The highest BCUT2D eigenvalue weighted by Gasteiger charge is 2.25. The molecule has 0 aliphatic heterocycles. The molecule has 0 bridgehead atoms. The van der Waals surface area contributed by atoms with Crippen LogP contribution >= 0.6 is 17.0 Å². The van der Waals surface area contributed by atoms with E-state index >= 15 is 0 Å². The van der Waals surface area contributed by atoms with Crippen molar-refractivity contribution in [3.05, 3.63) is 0 Å². The van der Waals surface area contributed by atoms with Crippen LogP contribution in [0.4, 0.5) is 0 Å². The predicted molar refractivity (Wildman–Crippen MR) is 71.7 cm³/mol. The van der Waals surface area contributed by atoms with Crippen molar-refractivity contribution in [2.45, 2.75) is 38.9 Å². The lowest BCUT2D eigenvalue weighted by atomic mass is 10.3. The first-order valence-corrected chi connectivity index (χ1v) is 9.27. The van der Waals surface area contributed by atoms with E-state index in [1.807, 2.05) is 6.92 Å². The van der Waals surface area contributed by atoms with Gasteiger partial charge in [-0.15, -0.1) is 0 Å². The minimum absolute atomic E-state index is 0.440. The van der Waals surface area contributed by atoms with Crippen molar-refractivity contribution in [1.29, 1.82) is 0 Å². The van der Waals surface area contributed by atoms with Crippen molar-refractivity contribution in [3.63, 3.8) is 0 Å². The zero-order chi connectivity index (χ0) is 11.9. The number of nitrogens with zero attached hydrogens (tertiary/aromatic N) is 1. The zero-order valence-corrected chi connectivity index (χ0v) is 12.3. The summed E-state index contributed by atoms with van der Waals surface area (Å²) in [7, 11) is 1.70. The van der Waals surface area contributed by atoms with E-state index < -0.39 is 5.62 Å². The van der Waals surface area contributed by atoms with E-state index in [1.165, 1.54) is 4.67 Å². The van der Waals surface area contributed by atoms with Gasteiger partial charge in [0.05, 0.1) is 6.61 Å². The molecule has 0 rings (SSSR count). The molecule has 0 aliphatic rings. The summed E-state index contributed by atoms with van der Waals surface area (Å²) in [6.07, 6.45) is 2.99.